The molecule has 0 atom stereocenters. The van der Waals surface area contributed by atoms with Gasteiger partial charge < -0.3 is 21.5 Å². The van der Waals surface area contributed by atoms with Crippen molar-refractivity contribution in [3.63, 3.8) is 0 Å². The van der Waals surface area contributed by atoms with Crippen LogP contribution in [0.1, 0.15) is 6.42 Å². The fourth-order valence-electron chi connectivity index (χ4n) is 0.609. The molecule has 0 aliphatic heterocycles. The summed E-state index contributed by atoms with van der Waals surface area (Å²) in [5.74, 6) is -1.04. The summed E-state index contributed by atoms with van der Waals surface area (Å²) in [7, 11) is 1.20. The molecular formula is C8H13N3O3. The molecule has 5 N–H and O–H groups in total. The third-order valence-electron chi connectivity index (χ3n) is 1.20. The van der Waals surface area contributed by atoms with Gasteiger partial charge in [-0.1, -0.05) is 0 Å². The van der Waals surface area contributed by atoms with Crippen LogP contribution >= 0.6 is 0 Å². The van der Waals surface area contributed by atoms with Crippen molar-refractivity contribution in [2.45, 2.75) is 6.42 Å². The minimum atomic E-state index is -0.621. The molecule has 0 rings (SSSR count). The summed E-state index contributed by atoms with van der Waals surface area (Å²) in [6, 6.07) is 0. The average molecular weight is 199 g/mol. The maximum Gasteiger partial charge on any atom is 0.315 e. The Morgan fingerprint density at radius 2 is 2.14 bits per heavy atom. The lowest BCUT2D eigenvalue weighted by molar-refractivity contribution is -0.143. The molecule has 0 aromatic rings. The molecular weight excluding hydrogens is 186 g/mol. The zero-order valence-electron chi connectivity index (χ0n) is 7.82. The van der Waals surface area contributed by atoms with Crippen LogP contribution < -0.4 is 16.8 Å². The Balaban J connectivity index is 4.00. The first-order valence-electron chi connectivity index (χ1n) is 3.81. The van der Waals surface area contributed by atoms with Gasteiger partial charge in [0, 0.05) is 0 Å². The highest BCUT2D eigenvalue weighted by atomic mass is 16.5. The molecule has 0 bridgehead atoms. The van der Waals surface area contributed by atoms with E-state index in [0.717, 1.165) is 0 Å². The quantitative estimate of drug-likeness (QED) is 0.304. The van der Waals surface area contributed by atoms with Crippen molar-refractivity contribution in [2.75, 3.05) is 7.11 Å². The number of methoxy groups -OCH3 is 1. The molecule has 0 heterocycles. The predicted molar refractivity (Wildman–Crippen MR) is 50.4 cm³/mol. The van der Waals surface area contributed by atoms with Crippen molar-refractivity contribution in [3.8, 4) is 0 Å². The Hall–Kier alpha value is -1.98. The maximum absolute atomic E-state index is 11.0. The summed E-state index contributed by atoms with van der Waals surface area (Å²) in [4.78, 5) is 21.6. The van der Waals surface area contributed by atoms with E-state index in [0.29, 0.717) is 0 Å². The van der Waals surface area contributed by atoms with E-state index >= 15 is 0 Å². The van der Waals surface area contributed by atoms with Gasteiger partial charge in [-0.15, -0.1) is 0 Å². The first-order valence-corrected chi connectivity index (χ1v) is 3.81. The smallest absolute Gasteiger partial charge is 0.315 e. The third kappa shape index (κ3) is 5.64. The van der Waals surface area contributed by atoms with Crippen LogP contribution in [-0.4, -0.2) is 19.0 Å². The summed E-state index contributed by atoms with van der Waals surface area (Å²) in [5.41, 5.74) is 10.4. The number of carbonyl (C=O) groups excluding carboxylic acids is 2. The fourth-order valence-corrected chi connectivity index (χ4v) is 0.609. The van der Waals surface area contributed by atoms with Gasteiger partial charge in [-0.2, -0.15) is 0 Å². The molecule has 0 aliphatic carbocycles. The number of esters is 1. The van der Waals surface area contributed by atoms with Gasteiger partial charge in [-0.05, 0) is 18.4 Å². The molecule has 1 amide bonds. The SMILES string of the molecule is COC(=O)CC(=O)N/C(N)=C/C=C\N. The maximum atomic E-state index is 11.0. The highest BCUT2D eigenvalue weighted by molar-refractivity contribution is 5.94. The number of allylic oxidation sites excluding steroid dienone is 2. The molecule has 0 saturated heterocycles. The van der Waals surface area contributed by atoms with Crippen LogP contribution in [0, 0.1) is 0 Å². The molecule has 0 radical (unpaired) electrons. The van der Waals surface area contributed by atoms with Gasteiger partial charge in [0.1, 0.15) is 12.2 Å². The van der Waals surface area contributed by atoms with Crippen molar-refractivity contribution in [3.05, 3.63) is 24.2 Å². The lowest BCUT2D eigenvalue weighted by Gasteiger charge is -2.02. The van der Waals surface area contributed by atoms with Gasteiger partial charge >= 0.3 is 5.97 Å². The molecule has 0 aromatic carbocycles. The van der Waals surface area contributed by atoms with E-state index in [-0.39, 0.29) is 12.2 Å². The van der Waals surface area contributed by atoms with Gasteiger partial charge in [-0.3, -0.25) is 9.59 Å². The van der Waals surface area contributed by atoms with Crippen molar-refractivity contribution in [2.24, 2.45) is 11.5 Å². The fraction of sp³-hybridized carbons (Fsp3) is 0.250. The largest absolute Gasteiger partial charge is 0.469 e. The Bertz CT molecular complexity index is 271. The Morgan fingerprint density at radius 1 is 1.50 bits per heavy atom. The summed E-state index contributed by atoms with van der Waals surface area (Å²) in [6.45, 7) is 0. The van der Waals surface area contributed by atoms with Gasteiger partial charge in [0.2, 0.25) is 5.91 Å². The highest BCUT2D eigenvalue weighted by Crippen LogP contribution is 1.86. The topological polar surface area (TPSA) is 107 Å². The van der Waals surface area contributed by atoms with E-state index in [9.17, 15) is 9.59 Å². The van der Waals surface area contributed by atoms with Crippen LogP contribution in [0.3, 0.4) is 0 Å². The zero-order chi connectivity index (χ0) is 11.0. The van der Waals surface area contributed by atoms with Crippen LogP contribution in [-0.2, 0) is 14.3 Å². The molecule has 0 spiro atoms. The molecule has 6 heteroatoms. The molecule has 78 valence electrons. The van der Waals surface area contributed by atoms with E-state index in [4.69, 9.17) is 11.5 Å². The molecule has 6 nitrogen and oxygen atoms in total. The molecule has 0 unspecified atom stereocenters. The lowest BCUT2D eigenvalue weighted by Crippen LogP contribution is -2.29. The van der Waals surface area contributed by atoms with E-state index in [1.54, 1.807) is 0 Å². The number of hydrogen-bond acceptors (Lipinski definition) is 5. The Labute approximate surface area is 81.6 Å². The van der Waals surface area contributed by atoms with Crippen molar-refractivity contribution < 1.29 is 14.3 Å². The molecule has 0 aromatic heterocycles. The second-order valence-electron chi connectivity index (χ2n) is 2.31. The minimum Gasteiger partial charge on any atom is -0.469 e. The third-order valence-corrected chi connectivity index (χ3v) is 1.20. The number of nitrogens with two attached hydrogens (primary N) is 2. The molecule has 0 aliphatic rings. The molecule has 0 fully saturated rings. The predicted octanol–water partition coefficient (Wildman–Crippen LogP) is -1.06. The van der Waals surface area contributed by atoms with Gasteiger partial charge in [0.25, 0.3) is 0 Å². The van der Waals surface area contributed by atoms with Crippen LogP contribution in [0.2, 0.25) is 0 Å². The average Bonchev–Trinajstić information content (AvgIpc) is 2.14. The highest BCUT2D eigenvalue weighted by Gasteiger charge is 2.08. The van der Waals surface area contributed by atoms with Crippen LogP contribution in [0.25, 0.3) is 0 Å². The van der Waals surface area contributed by atoms with E-state index in [1.807, 2.05) is 0 Å². The van der Waals surface area contributed by atoms with Crippen molar-refractivity contribution in [1.82, 2.24) is 5.32 Å². The summed E-state index contributed by atoms with van der Waals surface area (Å²) in [5, 5.41) is 2.27. The number of amides is 1. The normalized spacial score (nSPS) is 11.4. The summed E-state index contributed by atoms with van der Waals surface area (Å²) >= 11 is 0. The standard InChI is InChI=1S/C8H13N3O3/c1-14-8(13)5-7(12)11-6(10)3-2-4-9/h2-4H,5,9-10H2,1H3,(H,11,12)/b4-2-,6-3+. The van der Waals surface area contributed by atoms with Crippen LogP contribution in [0.4, 0.5) is 0 Å². The molecule has 0 saturated carbocycles. The lowest BCUT2D eigenvalue weighted by atomic mass is 10.4. The van der Waals surface area contributed by atoms with E-state index < -0.39 is 11.9 Å². The van der Waals surface area contributed by atoms with Gasteiger partial charge in [0.05, 0.1) is 7.11 Å². The van der Waals surface area contributed by atoms with Crippen molar-refractivity contribution in [1.29, 1.82) is 0 Å². The monoisotopic (exact) mass is 199 g/mol. The van der Waals surface area contributed by atoms with E-state index in [2.05, 4.69) is 10.1 Å². The zero-order valence-corrected chi connectivity index (χ0v) is 7.82. The van der Waals surface area contributed by atoms with Crippen LogP contribution in [0.15, 0.2) is 24.2 Å². The van der Waals surface area contributed by atoms with Gasteiger partial charge in [-0.25, -0.2) is 0 Å². The van der Waals surface area contributed by atoms with Gasteiger partial charge in [0.15, 0.2) is 0 Å². The first-order chi connectivity index (χ1) is 6.60. The summed E-state index contributed by atoms with van der Waals surface area (Å²) in [6.07, 6.45) is 3.75. The minimum absolute atomic E-state index is 0.112. The molecule has 14 heavy (non-hydrogen) atoms. The number of rotatable bonds is 4. The van der Waals surface area contributed by atoms with E-state index in [1.165, 1.54) is 25.5 Å². The number of ether oxygens (including phenoxy) is 1. The number of hydrogen-bond donors (Lipinski definition) is 3. The second kappa shape index (κ2) is 6.53. The number of nitrogens with one attached hydrogen (secondary N) is 1. The first kappa shape index (κ1) is 12.0. The second-order valence-corrected chi connectivity index (χ2v) is 2.31. The number of carbonyl (C=O) groups is 2. The Morgan fingerprint density at radius 3 is 2.64 bits per heavy atom. The van der Waals surface area contributed by atoms with Crippen molar-refractivity contribution >= 4 is 11.9 Å². The Kier molecular flexibility index (Phi) is 5.60. The summed E-state index contributed by atoms with van der Waals surface area (Å²) < 4.78 is 4.29. The van der Waals surface area contributed by atoms with Crippen LogP contribution in [0.5, 0.6) is 0 Å².